The van der Waals surface area contributed by atoms with Gasteiger partial charge in [-0.05, 0) is 40.0 Å². The summed E-state index contributed by atoms with van der Waals surface area (Å²) in [5.74, 6) is 0.428. The Hall–Kier alpha value is -1.56. The largest absolute Gasteiger partial charge is 0.381 e. The van der Waals surface area contributed by atoms with Crippen molar-refractivity contribution in [3.63, 3.8) is 0 Å². The predicted octanol–water partition coefficient (Wildman–Crippen LogP) is 3.08. The Morgan fingerprint density at radius 2 is 2.17 bits per heavy atom. The number of likely N-dealkylation sites (tertiary alicyclic amines) is 1. The second-order valence-corrected chi connectivity index (χ2v) is 7.27. The second-order valence-electron chi connectivity index (χ2n) is 7.27. The Morgan fingerprint density at radius 1 is 1.33 bits per heavy atom. The molecule has 0 bridgehead atoms. The number of amides is 2. The molecule has 1 aromatic rings. The van der Waals surface area contributed by atoms with Crippen molar-refractivity contribution >= 4 is 6.03 Å². The fourth-order valence-electron chi connectivity index (χ4n) is 4.04. The molecule has 0 radical (unpaired) electrons. The average molecular weight is 334 g/mol. The van der Waals surface area contributed by atoms with Gasteiger partial charge in [0, 0.05) is 36.4 Å². The number of nitrogens with one attached hydrogen (secondary N) is 2. The average Bonchev–Trinajstić information content (AvgIpc) is 3.13. The standard InChI is InChI=1S/C18H30N4O2/c1-12(15-8-10-24-11-15)19-18(23)22-9-6-4-5-7-16(22)17-13(2)20-21-14(17)3/h12,15-16H,4-11H2,1-3H3,(H,19,23)(H,20,21)/t12-,15-,16-/m0/s1. The van der Waals surface area contributed by atoms with Crippen LogP contribution in [0.15, 0.2) is 0 Å². The van der Waals surface area contributed by atoms with E-state index in [0.717, 1.165) is 56.8 Å². The summed E-state index contributed by atoms with van der Waals surface area (Å²) in [6.07, 6.45) is 5.45. The van der Waals surface area contributed by atoms with Crippen LogP contribution >= 0.6 is 0 Å². The van der Waals surface area contributed by atoms with Crippen molar-refractivity contribution < 1.29 is 9.53 Å². The highest BCUT2D eigenvalue weighted by Crippen LogP contribution is 2.33. The molecule has 6 nitrogen and oxygen atoms in total. The zero-order valence-corrected chi connectivity index (χ0v) is 15.1. The van der Waals surface area contributed by atoms with Gasteiger partial charge >= 0.3 is 6.03 Å². The van der Waals surface area contributed by atoms with Crippen molar-refractivity contribution in [3.05, 3.63) is 17.0 Å². The zero-order chi connectivity index (χ0) is 17.1. The summed E-state index contributed by atoms with van der Waals surface area (Å²) in [7, 11) is 0. The molecule has 0 spiro atoms. The van der Waals surface area contributed by atoms with E-state index in [1.165, 1.54) is 12.0 Å². The van der Waals surface area contributed by atoms with Gasteiger partial charge in [0.1, 0.15) is 0 Å². The highest BCUT2D eigenvalue weighted by molar-refractivity contribution is 5.75. The van der Waals surface area contributed by atoms with E-state index in [1.807, 2.05) is 11.8 Å². The SMILES string of the molecule is Cc1n[nH]c(C)c1[C@@H]1CCCCCN1C(=O)N[C@@H](C)[C@H]1CCOC1. The van der Waals surface area contributed by atoms with Gasteiger partial charge in [-0.1, -0.05) is 12.8 Å². The minimum Gasteiger partial charge on any atom is -0.381 e. The molecular weight excluding hydrogens is 304 g/mol. The molecule has 134 valence electrons. The first-order valence-electron chi connectivity index (χ1n) is 9.24. The molecule has 2 amide bonds. The van der Waals surface area contributed by atoms with E-state index in [0.29, 0.717) is 5.92 Å². The van der Waals surface area contributed by atoms with Crippen molar-refractivity contribution in [2.24, 2.45) is 5.92 Å². The number of rotatable bonds is 3. The predicted molar refractivity (Wildman–Crippen MR) is 92.9 cm³/mol. The van der Waals surface area contributed by atoms with Crippen LogP contribution in [0.2, 0.25) is 0 Å². The minimum atomic E-state index is 0.0568. The van der Waals surface area contributed by atoms with E-state index in [2.05, 4.69) is 29.4 Å². The molecule has 0 unspecified atom stereocenters. The summed E-state index contributed by atoms with van der Waals surface area (Å²) in [6.45, 7) is 8.55. The summed E-state index contributed by atoms with van der Waals surface area (Å²) in [6, 6.07) is 0.329. The zero-order valence-electron chi connectivity index (χ0n) is 15.1. The van der Waals surface area contributed by atoms with Crippen LogP contribution in [0, 0.1) is 19.8 Å². The van der Waals surface area contributed by atoms with Crippen LogP contribution in [-0.4, -0.2) is 46.9 Å². The van der Waals surface area contributed by atoms with E-state index in [1.54, 1.807) is 0 Å². The van der Waals surface area contributed by atoms with E-state index < -0.39 is 0 Å². The summed E-state index contributed by atoms with van der Waals surface area (Å²) >= 11 is 0. The molecular formula is C18H30N4O2. The van der Waals surface area contributed by atoms with Gasteiger partial charge in [0.05, 0.1) is 18.3 Å². The van der Waals surface area contributed by atoms with E-state index >= 15 is 0 Å². The lowest BCUT2D eigenvalue weighted by atomic mass is 9.98. The van der Waals surface area contributed by atoms with E-state index in [9.17, 15) is 4.79 Å². The van der Waals surface area contributed by atoms with Crippen LogP contribution < -0.4 is 5.32 Å². The highest BCUT2D eigenvalue weighted by atomic mass is 16.5. The van der Waals surface area contributed by atoms with Crippen LogP contribution in [0.4, 0.5) is 4.79 Å². The van der Waals surface area contributed by atoms with Crippen molar-refractivity contribution in [2.45, 2.75) is 65.0 Å². The van der Waals surface area contributed by atoms with Gasteiger partial charge in [0.25, 0.3) is 0 Å². The number of aromatic amines is 1. The first kappa shape index (κ1) is 17.3. The quantitative estimate of drug-likeness (QED) is 0.892. The number of hydrogen-bond donors (Lipinski definition) is 2. The number of hydrogen-bond acceptors (Lipinski definition) is 3. The molecule has 6 heteroatoms. The van der Waals surface area contributed by atoms with Crippen molar-refractivity contribution in [1.82, 2.24) is 20.4 Å². The lowest BCUT2D eigenvalue weighted by molar-refractivity contribution is 0.160. The molecule has 2 N–H and O–H groups in total. The summed E-state index contributed by atoms with van der Waals surface area (Å²) in [4.78, 5) is 15.0. The number of nitrogens with zero attached hydrogens (tertiary/aromatic N) is 2. The molecule has 2 fully saturated rings. The molecule has 2 aliphatic rings. The molecule has 3 rings (SSSR count). The Bertz CT molecular complexity index is 546. The number of urea groups is 1. The van der Waals surface area contributed by atoms with Gasteiger partial charge in [0.2, 0.25) is 0 Å². The first-order valence-corrected chi connectivity index (χ1v) is 9.24. The summed E-state index contributed by atoms with van der Waals surface area (Å²) in [5.41, 5.74) is 3.28. The second kappa shape index (κ2) is 7.55. The molecule has 3 atom stereocenters. The minimum absolute atomic E-state index is 0.0568. The van der Waals surface area contributed by atoms with Crippen LogP contribution in [0.25, 0.3) is 0 Å². The Balaban J connectivity index is 1.75. The fourth-order valence-corrected chi connectivity index (χ4v) is 4.04. The number of aryl methyl sites for hydroxylation is 2. The molecule has 2 saturated heterocycles. The van der Waals surface area contributed by atoms with Gasteiger partial charge < -0.3 is 15.0 Å². The van der Waals surface area contributed by atoms with Crippen LogP contribution in [0.3, 0.4) is 0 Å². The lowest BCUT2D eigenvalue weighted by Gasteiger charge is -2.32. The number of H-pyrrole nitrogens is 1. The van der Waals surface area contributed by atoms with Crippen molar-refractivity contribution in [3.8, 4) is 0 Å². The molecule has 3 heterocycles. The molecule has 0 aliphatic carbocycles. The normalized spacial score (nSPS) is 26.2. The topological polar surface area (TPSA) is 70.2 Å². The number of carbonyl (C=O) groups is 1. The maximum absolute atomic E-state index is 13.0. The maximum atomic E-state index is 13.0. The van der Waals surface area contributed by atoms with Crippen LogP contribution in [0.1, 0.15) is 62.0 Å². The van der Waals surface area contributed by atoms with Crippen molar-refractivity contribution in [1.29, 1.82) is 0 Å². The van der Waals surface area contributed by atoms with Gasteiger partial charge in [-0.25, -0.2) is 4.79 Å². The van der Waals surface area contributed by atoms with Crippen molar-refractivity contribution in [2.75, 3.05) is 19.8 Å². The Kier molecular flexibility index (Phi) is 5.43. The van der Waals surface area contributed by atoms with Gasteiger partial charge in [-0.2, -0.15) is 5.10 Å². The van der Waals surface area contributed by atoms with E-state index in [4.69, 9.17) is 4.74 Å². The first-order chi connectivity index (χ1) is 11.6. The fraction of sp³-hybridized carbons (Fsp3) is 0.778. The van der Waals surface area contributed by atoms with E-state index in [-0.39, 0.29) is 18.1 Å². The third-order valence-corrected chi connectivity index (χ3v) is 5.56. The maximum Gasteiger partial charge on any atom is 0.318 e. The number of ether oxygens (including phenoxy) is 1. The molecule has 24 heavy (non-hydrogen) atoms. The third kappa shape index (κ3) is 3.58. The molecule has 0 saturated carbocycles. The van der Waals surface area contributed by atoms with Crippen LogP contribution in [-0.2, 0) is 4.74 Å². The highest BCUT2D eigenvalue weighted by Gasteiger charge is 2.32. The van der Waals surface area contributed by atoms with Gasteiger partial charge in [-0.3, -0.25) is 5.10 Å². The number of aromatic nitrogens is 2. The Labute approximate surface area is 144 Å². The molecule has 1 aromatic heterocycles. The van der Waals surface area contributed by atoms with Crippen LogP contribution in [0.5, 0.6) is 0 Å². The smallest absolute Gasteiger partial charge is 0.318 e. The van der Waals surface area contributed by atoms with Gasteiger partial charge in [0.15, 0.2) is 0 Å². The molecule has 0 aromatic carbocycles. The monoisotopic (exact) mass is 334 g/mol. The summed E-state index contributed by atoms with van der Waals surface area (Å²) < 4.78 is 5.46. The Morgan fingerprint density at radius 3 is 2.83 bits per heavy atom. The van der Waals surface area contributed by atoms with Gasteiger partial charge in [-0.15, -0.1) is 0 Å². The third-order valence-electron chi connectivity index (χ3n) is 5.56. The molecule has 2 aliphatic heterocycles. The number of carbonyl (C=O) groups excluding carboxylic acids is 1. The summed E-state index contributed by atoms with van der Waals surface area (Å²) in [5, 5.41) is 10.6. The lowest BCUT2D eigenvalue weighted by Crippen LogP contribution is -2.48.